The van der Waals surface area contributed by atoms with Gasteiger partial charge < -0.3 is 10.2 Å². The van der Waals surface area contributed by atoms with E-state index >= 15 is 0 Å². The molecule has 2 aliphatic rings. The van der Waals surface area contributed by atoms with Crippen molar-refractivity contribution in [2.24, 2.45) is 5.92 Å². The molecule has 1 saturated carbocycles. The van der Waals surface area contributed by atoms with E-state index in [0.29, 0.717) is 11.8 Å². The summed E-state index contributed by atoms with van der Waals surface area (Å²) >= 11 is 6.22. The van der Waals surface area contributed by atoms with Gasteiger partial charge in [-0.25, -0.2) is 0 Å². The molecule has 0 spiro atoms. The number of halogens is 1. The standard InChI is InChI=1S/C19H25ClN2O/c1-13-16(11-17(20)12-18(13)21-2)9-15-5-7-22(8-6-15)19(23)10-14-3-4-14/h9,11-12,14,21H,3-8,10H2,1-2H3. The summed E-state index contributed by atoms with van der Waals surface area (Å²) in [5.74, 6) is 1.02. The molecule has 1 N–H and O–H groups in total. The van der Waals surface area contributed by atoms with Gasteiger partial charge in [0.05, 0.1) is 0 Å². The lowest BCUT2D eigenvalue weighted by Gasteiger charge is -2.29. The second-order valence-corrected chi connectivity index (χ2v) is 7.18. The van der Waals surface area contributed by atoms with Crippen LogP contribution in [0.1, 0.15) is 43.2 Å². The molecule has 3 rings (SSSR count). The van der Waals surface area contributed by atoms with Crippen molar-refractivity contribution >= 4 is 29.3 Å². The van der Waals surface area contributed by atoms with Crippen LogP contribution in [-0.4, -0.2) is 30.9 Å². The van der Waals surface area contributed by atoms with E-state index in [0.717, 1.165) is 43.1 Å². The maximum absolute atomic E-state index is 12.2. The van der Waals surface area contributed by atoms with Gasteiger partial charge in [-0.2, -0.15) is 0 Å². The van der Waals surface area contributed by atoms with E-state index in [1.165, 1.54) is 29.5 Å². The molecule has 0 unspecified atom stereocenters. The van der Waals surface area contributed by atoms with Crippen LogP contribution in [0.4, 0.5) is 5.69 Å². The third-order valence-corrected chi connectivity index (χ3v) is 5.18. The van der Waals surface area contributed by atoms with Gasteiger partial charge in [-0.05, 0) is 61.8 Å². The smallest absolute Gasteiger partial charge is 0.222 e. The van der Waals surface area contributed by atoms with Crippen molar-refractivity contribution in [3.05, 3.63) is 33.9 Å². The first kappa shape index (κ1) is 16.4. The van der Waals surface area contributed by atoms with Crippen molar-refractivity contribution in [2.45, 2.75) is 39.0 Å². The van der Waals surface area contributed by atoms with Crippen molar-refractivity contribution in [3.63, 3.8) is 0 Å². The van der Waals surface area contributed by atoms with Crippen molar-refractivity contribution in [1.82, 2.24) is 4.90 Å². The first-order valence-electron chi connectivity index (χ1n) is 8.52. The summed E-state index contributed by atoms with van der Waals surface area (Å²) in [5.41, 5.74) is 4.88. The molecule has 1 amide bonds. The molecule has 1 saturated heterocycles. The Balaban J connectivity index is 1.66. The zero-order chi connectivity index (χ0) is 16.4. The number of nitrogens with one attached hydrogen (secondary N) is 1. The SMILES string of the molecule is CNc1cc(Cl)cc(C=C2CCN(C(=O)CC3CC3)CC2)c1C. The quantitative estimate of drug-likeness (QED) is 0.880. The fraction of sp³-hybridized carbons (Fsp3) is 0.526. The van der Waals surface area contributed by atoms with Gasteiger partial charge in [0.25, 0.3) is 0 Å². The van der Waals surface area contributed by atoms with Crippen LogP contribution in [0.25, 0.3) is 6.08 Å². The Morgan fingerprint density at radius 2 is 2.04 bits per heavy atom. The summed E-state index contributed by atoms with van der Waals surface area (Å²) in [6.07, 6.45) is 7.44. The number of nitrogens with zero attached hydrogens (tertiary/aromatic N) is 1. The number of benzene rings is 1. The Bertz CT molecular complexity index is 625. The van der Waals surface area contributed by atoms with Crippen LogP contribution in [-0.2, 0) is 4.79 Å². The molecule has 1 heterocycles. The largest absolute Gasteiger partial charge is 0.388 e. The predicted molar refractivity (Wildman–Crippen MR) is 96.9 cm³/mol. The van der Waals surface area contributed by atoms with Gasteiger partial charge >= 0.3 is 0 Å². The lowest BCUT2D eigenvalue weighted by Crippen LogP contribution is -2.36. The van der Waals surface area contributed by atoms with E-state index in [4.69, 9.17) is 11.6 Å². The maximum Gasteiger partial charge on any atom is 0.222 e. The molecule has 1 aliphatic carbocycles. The number of hydrogen-bond acceptors (Lipinski definition) is 2. The summed E-state index contributed by atoms with van der Waals surface area (Å²) in [6.45, 7) is 3.83. The van der Waals surface area contributed by atoms with Gasteiger partial charge in [0.15, 0.2) is 0 Å². The van der Waals surface area contributed by atoms with Crippen LogP contribution >= 0.6 is 11.6 Å². The highest BCUT2D eigenvalue weighted by atomic mass is 35.5. The summed E-state index contributed by atoms with van der Waals surface area (Å²) in [5, 5.41) is 3.95. The molecule has 23 heavy (non-hydrogen) atoms. The molecule has 0 aromatic heterocycles. The third kappa shape index (κ3) is 4.08. The minimum atomic E-state index is 0.350. The minimum absolute atomic E-state index is 0.350. The van der Waals surface area contributed by atoms with E-state index in [2.05, 4.69) is 18.3 Å². The van der Waals surface area contributed by atoms with Crippen LogP contribution in [0.3, 0.4) is 0 Å². The van der Waals surface area contributed by atoms with Crippen molar-refractivity contribution < 1.29 is 4.79 Å². The van der Waals surface area contributed by atoms with Crippen LogP contribution in [0.15, 0.2) is 17.7 Å². The second-order valence-electron chi connectivity index (χ2n) is 6.75. The van der Waals surface area contributed by atoms with E-state index < -0.39 is 0 Å². The average molecular weight is 333 g/mol. The van der Waals surface area contributed by atoms with Crippen LogP contribution < -0.4 is 5.32 Å². The minimum Gasteiger partial charge on any atom is -0.388 e. The normalized spacial score (nSPS) is 18.0. The maximum atomic E-state index is 12.2. The second kappa shape index (κ2) is 6.96. The Morgan fingerprint density at radius 1 is 1.35 bits per heavy atom. The Labute approximate surface area is 143 Å². The number of likely N-dealkylation sites (tertiary alicyclic amines) is 1. The number of carbonyl (C=O) groups is 1. The Hall–Kier alpha value is -1.48. The topological polar surface area (TPSA) is 32.3 Å². The van der Waals surface area contributed by atoms with Gasteiger partial charge in [-0.1, -0.05) is 23.3 Å². The first-order valence-corrected chi connectivity index (χ1v) is 8.89. The summed E-state index contributed by atoms with van der Waals surface area (Å²) in [4.78, 5) is 14.2. The number of hydrogen-bond donors (Lipinski definition) is 1. The highest BCUT2D eigenvalue weighted by Gasteiger charge is 2.28. The Morgan fingerprint density at radius 3 is 2.65 bits per heavy atom. The van der Waals surface area contributed by atoms with E-state index in [-0.39, 0.29) is 0 Å². The first-order chi connectivity index (χ1) is 11.1. The van der Waals surface area contributed by atoms with Crippen LogP contribution in [0.2, 0.25) is 5.02 Å². The van der Waals surface area contributed by atoms with Gasteiger partial charge in [-0.3, -0.25) is 4.79 Å². The summed E-state index contributed by atoms with van der Waals surface area (Å²) < 4.78 is 0. The van der Waals surface area contributed by atoms with E-state index in [9.17, 15) is 4.79 Å². The molecule has 124 valence electrons. The molecular formula is C19H25ClN2O. The van der Waals surface area contributed by atoms with Gasteiger partial charge in [-0.15, -0.1) is 0 Å². The highest BCUT2D eigenvalue weighted by Crippen LogP contribution is 2.33. The molecule has 1 aliphatic heterocycles. The van der Waals surface area contributed by atoms with E-state index in [1.807, 2.05) is 24.1 Å². The molecule has 0 radical (unpaired) electrons. The monoisotopic (exact) mass is 332 g/mol. The van der Waals surface area contributed by atoms with Crippen molar-refractivity contribution in [2.75, 3.05) is 25.5 Å². The van der Waals surface area contributed by atoms with Gasteiger partial charge in [0.2, 0.25) is 5.91 Å². The molecule has 0 atom stereocenters. The van der Waals surface area contributed by atoms with Crippen molar-refractivity contribution in [3.8, 4) is 0 Å². The predicted octanol–water partition coefficient (Wildman–Crippen LogP) is 4.50. The lowest BCUT2D eigenvalue weighted by atomic mass is 9.98. The number of piperidine rings is 1. The fourth-order valence-corrected chi connectivity index (χ4v) is 3.44. The van der Waals surface area contributed by atoms with Crippen LogP contribution in [0.5, 0.6) is 0 Å². The lowest BCUT2D eigenvalue weighted by molar-refractivity contribution is -0.132. The number of amides is 1. The summed E-state index contributed by atoms with van der Waals surface area (Å²) in [7, 11) is 1.92. The fourth-order valence-electron chi connectivity index (χ4n) is 3.22. The van der Waals surface area contributed by atoms with Gasteiger partial charge in [0, 0.05) is 37.3 Å². The van der Waals surface area contributed by atoms with Crippen molar-refractivity contribution in [1.29, 1.82) is 0 Å². The average Bonchev–Trinajstić information content (AvgIpc) is 3.35. The van der Waals surface area contributed by atoms with Crippen LogP contribution in [0, 0.1) is 12.8 Å². The molecule has 3 nitrogen and oxygen atoms in total. The molecule has 2 fully saturated rings. The third-order valence-electron chi connectivity index (χ3n) is 4.96. The highest BCUT2D eigenvalue weighted by molar-refractivity contribution is 6.31. The number of anilines is 1. The zero-order valence-electron chi connectivity index (χ0n) is 14.0. The molecule has 0 bridgehead atoms. The Kier molecular flexibility index (Phi) is 4.96. The summed E-state index contributed by atoms with van der Waals surface area (Å²) in [6, 6.07) is 3.98. The zero-order valence-corrected chi connectivity index (χ0v) is 14.7. The number of carbonyl (C=O) groups excluding carboxylic acids is 1. The molecule has 1 aromatic carbocycles. The van der Waals surface area contributed by atoms with E-state index in [1.54, 1.807) is 0 Å². The number of rotatable bonds is 4. The molecule has 4 heteroatoms. The molecule has 1 aromatic rings. The van der Waals surface area contributed by atoms with Gasteiger partial charge in [0.1, 0.15) is 0 Å². The molecular weight excluding hydrogens is 308 g/mol.